The Kier molecular flexibility index (Phi) is 11.6. The first kappa shape index (κ1) is 12.2. The number of hydrogen-bond acceptors (Lipinski definition) is 0. The molecule has 0 amide bonds. The third-order valence-electron chi connectivity index (χ3n) is 1.43. The Balaban J connectivity index is 0. The van der Waals surface area contributed by atoms with E-state index in [-0.39, 0.29) is 17.1 Å². The van der Waals surface area contributed by atoms with E-state index in [0.717, 1.165) is 5.92 Å². The molecule has 1 rings (SSSR count). The van der Waals surface area contributed by atoms with Crippen LogP contribution in [0.15, 0.2) is 0 Å². The van der Waals surface area contributed by atoms with Gasteiger partial charge >= 0.3 is 17.1 Å². The van der Waals surface area contributed by atoms with Crippen molar-refractivity contribution in [2.75, 3.05) is 0 Å². The van der Waals surface area contributed by atoms with Crippen LogP contribution < -0.4 is 0 Å². The van der Waals surface area contributed by atoms with Crippen LogP contribution in [0.3, 0.4) is 0 Å². The van der Waals surface area contributed by atoms with E-state index in [1.807, 2.05) is 0 Å². The molecule has 0 aromatic rings. The van der Waals surface area contributed by atoms with Crippen LogP contribution in [0.4, 0.5) is 0 Å². The second-order valence-electron chi connectivity index (χ2n) is 2.21. The molecule has 0 nitrogen and oxygen atoms in total. The van der Waals surface area contributed by atoms with Gasteiger partial charge in [0.25, 0.3) is 0 Å². The molecule has 1 unspecified atom stereocenters. The Hall–Kier alpha value is 0.519. The molecule has 1 heteroatoms. The third-order valence-corrected chi connectivity index (χ3v) is 1.43. The van der Waals surface area contributed by atoms with Gasteiger partial charge in [0, 0.05) is 0 Å². The predicted octanol–water partition coefficient (Wildman–Crippen LogP) is 2.85. The quantitative estimate of drug-likeness (QED) is 0.393. The van der Waals surface area contributed by atoms with Crippen LogP contribution in [0.5, 0.6) is 0 Å². The van der Waals surface area contributed by atoms with Crippen molar-refractivity contribution in [3.05, 3.63) is 13.3 Å². The summed E-state index contributed by atoms with van der Waals surface area (Å²) in [6.07, 6.45) is 6.53. The number of rotatable bonds is 0. The van der Waals surface area contributed by atoms with E-state index in [0.29, 0.717) is 0 Å². The Labute approximate surface area is 69.9 Å². The predicted molar refractivity (Wildman–Crippen MR) is 38.3 cm³/mol. The van der Waals surface area contributed by atoms with Crippen LogP contribution in [-0.2, 0) is 17.1 Å². The van der Waals surface area contributed by atoms with Crippen molar-refractivity contribution < 1.29 is 17.1 Å². The molecule has 59 valence electrons. The van der Waals surface area contributed by atoms with Gasteiger partial charge in [-0.3, -0.25) is 0 Å². The molecular formula is C8H16Cu. The summed E-state index contributed by atoms with van der Waals surface area (Å²) >= 11 is 0. The fourth-order valence-corrected chi connectivity index (χ4v) is 0.923. The second-order valence-corrected chi connectivity index (χ2v) is 2.21. The monoisotopic (exact) mass is 175 g/mol. The summed E-state index contributed by atoms with van der Waals surface area (Å²) in [6, 6.07) is 0. The summed E-state index contributed by atoms with van der Waals surface area (Å²) in [5.41, 5.74) is 0. The molecule has 1 fully saturated rings. The van der Waals surface area contributed by atoms with Crippen LogP contribution in [-0.4, -0.2) is 0 Å². The minimum atomic E-state index is 0. The first-order chi connectivity index (χ1) is 3.89. The van der Waals surface area contributed by atoms with Crippen LogP contribution in [0, 0.1) is 19.3 Å². The molecule has 0 N–H and O–H groups in total. The van der Waals surface area contributed by atoms with E-state index in [4.69, 9.17) is 0 Å². The zero-order valence-electron chi connectivity index (χ0n) is 6.28. The Morgan fingerprint density at radius 3 is 2.11 bits per heavy atom. The molecule has 1 saturated carbocycles. The molecule has 1 radical (unpaired) electrons. The first-order valence-corrected chi connectivity index (χ1v) is 3.42. The zero-order valence-corrected chi connectivity index (χ0v) is 7.23. The maximum absolute atomic E-state index is 3.25. The fourth-order valence-electron chi connectivity index (χ4n) is 0.923. The van der Waals surface area contributed by atoms with E-state index in [9.17, 15) is 0 Å². The van der Waals surface area contributed by atoms with Gasteiger partial charge in [-0.15, -0.1) is 0 Å². The maximum Gasteiger partial charge on any atom is 2.00 e. The molecule has 0 aromatic heterocycles. The summed E-state index contributed by atoms with van der Waals surface area (Å²) in [6.45, 7) is 7.31. The average molecular weight is 176 g/mol. The summed E-state index contributed by atoms with van der Waals surface area (Å²) in [4.78, 5) is 0. The molecule has 1 aliphatic rings. The van der Waals surface area contributed by atoms with E-state index in [1.165, 1.54) is 19.3 Å². The van der Waals surface area contributed by atoms with Crippen LogP contribution in [0.25, 0.3) is 0 Å². The minimum Gasteiger partial charge on any atom is -0.346 e. The fraction of sp³-hybridized carbons (Fsp3) is 0.750. The smallest absolute Gasteiger partial charge is 0.346 e. The minimum absolute atomic E-state index is 0. The molecule has 0 aliphatic heterocycles. The topological polar surface area (TPSA) is 0 Å². The summed E-state index contributed by atoms with van der Waals surface area (Å²) in [5, 5.41) is 0. The van der Waals surface area contributed by atoms with Gasteiger partial charge in [0.05, 0.1) is 0 Å². The van der Waals surface area contributed by atoms with Crippen LogP contribution in [0.1, 0.15) is 33.1 Å². The van der Waals surface area contributed by atoms with Crippen molar-refractivity contribution in [1.82, 2.24) is 0 Å². The van der Waals surface area contributed by atoms with Gasteiger partial charge in [0.1, 0.15) is 0 Å². The third kappa shape index (κ3) is 6.40. The van der Waals surface area contributed by atoms with E-state index in [1.54, 1.807) is 6.92 Å². The molecule has 0 heterocycles. The van der Waals surface area contributed by atoms with Gasteiger partial charge in [-0.1, -0.05) is 19.3 Å². The standard InChI is InChI=1S/C6H11.C2H5.Cu/c1-6-4-2-3-5-6;1-2;/h2,6H,3-5H2,1H3;1H2,2H3;/q2*-1;+2. The molecule has 0 spiro atoms. The Morgan fingerprint density at radius 2 is 2.00 bits per heavy atom. The Bertz CT molecular complexity index is 37.8. The maximum atomic E-state index is 3.25. The van der Waals surface area contributed by atoms with Crippen molar-refractivity contribution >= 4 is 0 Å². The second kappa shape index (κ2) is 8.52. The summed E-state index contributed by atoms with van der Waals surface area (Å²) in [5.74, 6) is 0.991. The molecule has 1 aliphatic carbocycles. The molecule has 9 heavy (non-hydrogen) atoms. The van der Waals surface area contributed by atoms with E-state index >= 15 is 0 Å². The van der Waals surface area contributed by atoms with Gasteiger partial charge in [-0.05, 0) is 0 Å². The summed E-state index contributed by atoms with van der Waals surface area (Å²) < 4.78 is 0. The van der Waals surface area contributed by atoms with Gasteiger partial charge in [-0.25, -0.2) is 0 Å². The van der Waals surface area contributed by atoms with Gasteiger partial charge in [0.2, 0.25) is 0 Å². The normalized spacial score (nSPS) is 23.7. The van der Waals surface area contributed by atoms with Crippen LogP contribution >= 0.6 is 0 Å². The Morgan fingerprint density at radius 1 is 1.44 bits per heavy atom. The van der Waals surface area contributed by atoms with Crippen molar-refractivity contribution in [1.29, 1.82) is 0 Å². The molecule has 1 atom stereocenters. The van der Waals surface area contributed by atoms with Crippen molar-refractivity contribution in [2.24, 2.45) is 5.92 Å². The molecule has 0 saturated heterocycles. The van der Waals surface area contributed by atoms with E-state index in [2.05, 4.69) is 20.3 Å². The first-order valence-electron chi connectivity index (χ1n) is 3.42. The summed E-state index contributed by atoms with van der Waals surface area (Å²) in [7, 11) is 0. The zero-order chi connectivity index (χ0) is 6.41. The average Bonchev–Trinajstić information content (AvgIpc) is 2.24. The van der Waals surface area contributed by atoms with Crippen molar-refractivity contribution in [2.45, 2.75) is 33.1 Å². The van der Waals surface area contributed by atoms with E-state index < -0.39 is 0 Å². The van der Waals surface area contributed by atoms with Gasteiger partial charge in [-0.2, -0.15) is 19.8 Å². The van der Waals surface area contributed by atoms with Crippen molar-refractivity contribution in [3.63, 3.8) is 0 Å². The molecular weight excluding hydrogens is 160 g/mol. The van der Waals surface area contributed by atoms with Gasteiger partial charge in [0.15, 0.2) is 0 Å². The number of hydrogen-bond donors (Lipinski definition) is 0. The van der Waals surface area contributed by atoms with Crippen LogP contribution in [0.2, 0.25) is 0 Å². The largest absolute Gasteiger partial charge is 2.00 e. The SMILES string of the molecule is CC1C[CH-]CC1.[CH2-]C.[Cu+2]. The van der Waals surface area contributed by atoms with Gasteiger partial charge < -0.3 is 13.3 Å². The molecule has 0 bridgehead atoms. The molecule has 0 aromatic carbocycles. The van der Waals surface area contributed by atoms with Crippen molar-refractivity contribution in [3.8, 4) is 0 Å².